The van der Waals surface area contributed by atoms with Gasteiger partial charge < -0.3 is 9.84 Å². The van der Waals surface area contributed by atoms with E-state index in [1.807, 2.05) is 13.8 Å². The number of hydrogen-bond acceptors (Lipinski definition) is 3. The first-order valence-corrected chi connectivity index (χ1v) is 3.92. The van der Waals surface area contributed by atoms with Gasteiger partial charge >= 0.3 is 5.97 Å². The molecule has 0 aromatic rings. The molecule has 1 N–H and O–H groups in total. The Labute approximate surface area is 67.4 Å². The monoisotopic (exact) mass is 160 g/mol. The van der Waals surface area contributed by atoms with Crippen LogP contribution in [0.3, 0.4) is 0 Å². The predicted octanol–water partition coefficient (Wildman–Crippen LogP) is 0.956. The highest BCUT2D eigenvalue weighted by Gasteiger charge is 2.10. The summed E-state index contributed by atoms with van der Waals surface area (Å²) < 4.78 is 4.77. The molecule has 2 atom stereocenters. The third-order valence-electron chi connectivity index (χ3n) is 1.55. The Bertz CT molecular complexity index is 121. The zero-order valence-corrected chi connectivity index (χ0v) is 7.33. The third kappa shape index (κ3) is 4.79. The van der Waals surface area contributed by atoms with Crippen molar-refractivity contribution in [2.45, 2.75) is 33.3 Å². The Morgan fingerprint density at radius 2 is 2.09 bits per heavy atom. The number of esters is 1. The summed E-state index contributed by atoms with van der Waals surface area (Å²) in [6.07, 6.45) is -0.0216. The molecule has 0 aliphatic carbocycles. The van der Waals surface area contributed by atoms with Crippen LogP contribution in [0.1, 0.15) is 27.2 Å². The molecule has 0 saturated carbocycles. The Balaban J connectivity index is 3.46. The number of rotatable bonds is 4. The molecular weight excluding hydrogens is 144 g/mol. The van der Waals surface area contributed by atoms with E-state index in [9.17, 15) is 4.79 Å². The molecule has 0 spiro atoms. The highest BCUT2D eigenvalue weighted by atomic mass is 16.5. The first-order chi connectivity index (χ1) is 5.07. The molecule has 0 saturated heterocycles. The SMILES string of the molecule is CCC(C)COC(=O)[C@H](C)O. The van der Waals surface area contributed by atoms with Crippen molar-refractivity contribution in [2.24, 2.45) is 5.92 Å². The van der Waals surface area contributed by atoms with Crippen LogP contribution in [0.25, 0.3) is 0 Å². The normalized spacial score (nSPS) is 15.6. The van der Waals surface area contributed by atoms with Crippen molar-refractivity contribution in [3.8, 4) is 0 Å². The third-order valence-corrected chi connectivity index (χ3v) is 1.55. The number of carbonyl (C=O) groups is 1. The Morgan fingerprint density at radius 1 is 1.55 bits per heavy atom. The molecular formula is C8H16O3. The fourth-order valence-corrected chi connectivity index (χ4v) is 0.463. The minimum Gasteiger partial charge on any atom is -0.463 e. The number of aliphatic hydroxyl groups excluding tert-OH is 1. The van der Waals surface area contributed by atoms with Crippen molar-refractivity contribution in [3.05, 3.63) is 0 Å². The van der Waals surface area contributed by atoms with Crippen LogP contribution in [-0.2, 0) is 9.53 Å². The number of carbonyl (C=O) groups excluding carboxylic acids is 1. The van der Waals surface area contributed by atoms with E-state index in [2.05, 4.69) is 0 Å². The summed E-state index contributed by atoms with van der Waals surface area (Å²) in [6.45, 7) is 5.83. The van der Waals surface area contributed by atoms with Crippen molar-refractivity contribution in [3.63, 3.8) is 0 Å². The molecule has 0 bridgehead atoms. The van der Waals surface area contributed by atoms with Crippen molar-refractivity contribution in [1.29, 1.82) is 0 Å². The zero-order valence-electron chi connectivity index (χ0n) is 7.33. The van der Waals surface area contributed by atoms with Gasteiger partial charge in [0.15, 0.2) is 0 Å². The Kier molecular flexibility index (Phi) is 4.86. The maximum atomic E-state index is 10.7. The van der Waals surface area contributed by atoms with Gasteiger partial charge in [-0.2, -0.15) is 0 Å². The van der Waals surface area contributed by atoms with Crippen LogP contribution in [0, 0.1) is 5.92 Å². The minimum atomic E-state index is -1.00. The quantitative estimate of drug-likeness (QED) is 0.623. The molecule has 0 amide bonds. The van der Waals surface area contributed by atoms with Gasteiger partial charge in [-0.1, -0.05) is 20.3 Å². The van der Waals surface area contributed by atoms with Gasteiger partial charge in [0, 0.05) is 0 Å². The maximum absolute atomic E-state index is 10.7. The van der Waals surface area contributed by atoms with Crippen LogP contribution in [0.5, 0.6) is 0 Å². The molecule has 0 aliphatic heterocycles. The molecule has 66 valence electrons. The van der Waals surface area contributed by atoms with Gasteiger partial charge in [-0.05, 0) is 12.8 Å². The van der Waals surface area contributed by atoms with E-state index in [-0.39, 0.29) is 0 Å². The summed E-state index contributed by atoms with van der Waals surface area (Å²) in [6, 6.07) is 0. The van der Waals surface area contributed by atoms with Gasteiger partial charge in [0.2, 0.25) is 0 Å². The van der Waals surface area contributed by atoms with E-state index < -0.39 is 12.1 Å². The smallest absolute Gasteiger partial charge is 0.334 e. The molecule has 0 fully saturated rings. The van der Waals surface area contributed by atoms with E-state index in [0.29, 0.717) is 12.5 Å². The number of aliphatic hydroxyl groups is 1. The molecule has 0 aliphatic rings. The first kappa shape index (κ1) is 10.4. The molecule has 3 nitrogen and oxygen atoms in total. The van der Waals surface area contributed by atoms with Crippen LogP contribution in [0.15, 0.2) is 0 Å². The lowest BCUT2D eigenvalue weighted by atomic mass is 10.1. The molecule has 0 aromatic heterocycles. The van der Waals surface area contributed by atoms with E-state index in [0.717, 1.165) is 6.42 Å². The Morgan fingerprint density at radius 3 is 2.45 bits per heavy atom. The van der Waals surface area contributed by atoms with E-state index in [4.69, 9.17) is 9.84 Å². The zero-order chi connectivity index (χ0) is 8.85. The van der Waals surface area contributed by atoms with Crippen LogP contribution in [0.4, 0.5) is 0 Å². The van der Waals surface area contributed by atoms with Crippen LogP contribution in [-0.4, -0.2) is 23.8 Å². The Hall–Kier alpha value is -0.570. The average Bonchev–Trinajstić information content (AvgIpc) is 1.99. The topological polar surface area (TPSA) is 46.5 Å². The molecule has 0 aromatic carbocycles. The largest absolute Gasteiger partial charge is 0.463 e. The molecule has 11 heavy (non-hydrogen) atoms. The van der Waals surface area contributed by atoms with Gasteiger partial charge in [-0.3, -0.25) is 0 Å². The molecule has 0 radical (unpaired) electrons. The molecule has 0 rings (SSSR count). The predicted molar refractivity (Wildman–Crippen MR) is 42.1 cm³/mol. The van der Waals surface area contributed by atoms with Crippen molar-refractivity contribution in [1.82, 2.24) is 0 Å². The van der Waals surface area contributed by atoms with Crippen LogP contribution >= 0.6 is 0 Å². The standard InChI is InChI=1S/C8H16O3/c1-4-6(2)5-11-8(10)7(3)9/h6-7,9H,4-5H2,1-3H3/t6?,7-/m0/s1. The molecule has 0 heterocycles. The van der Waals surface area contributed by atoms with Gasteiger partial charge in [0.25, 0.3) is 0 Å². The minimum absolute atomic E-state index is 0.373. The lowest BCUT2D eigenvalue weighted by Crippen LogP contribution is -2.21. The van der Waals surface area contributed by atoms with E-state index >= 15 is 0 Å². The average molecular weight is 160 g/mol. The highest BCUT2D eigenvalue weighted by molar-refractivity contribution is 5.73. The van der Waals surface area contributed by atoms with E-state index in [1.165, 1.54) is 6.92 Å². The maximum Gasteiger partial charge on any atom is 0.334 e. The van der Waals surface area contributed by atoms with Gasteiger partial charge in [-0.15, -0.1) is 0 Å². The van der Waals surface area contributed by atoms with Crippen molar-refractivity contribution >= 4 is 5.97 Å². The van der Waals surface area contributed by atoms with Gasteiger partial charge in [0.05, 0.1) is 6.61 Å². The van der Waals surface area contributed by atoms with Crippen LogP contribution < -0.4 is 0 Å². The molecule has 1 unspecified atom stereocenters. The summed E-state index contributed by atoms with van der Waals surface area (Å²) in [5.74, 6) is -0.164. The van der Waals surface area contributed by atoms with Crippen LogP contribution in [0.2, 0.25) is 0 Å². The second-order valence-electron chi connectivity index (χ2n) is 2.82. The fraction of sp³-hybridized carbons (Fsp3) is 0.875. The fourth-order valence-electron chi connectivity index (χ4n) is 0.463. The highest BCUT2D eigenvalue weighted by Crippen LogP contribution is 2.01. The second kappa shape index (κ2) is 5.13. The number of ether oxygens (including phenoxy) is 1. The summed E-state index contributed by atoms with van der Waals surface area (Å²) in [5.41, 5.74) is 0. The van der Waals surface area contributed by atoms with E-state index in [1.54, 1.807) is 0 Å². The first-order valence-electron chi connectivity index (χ1n) is 3.92. The second-order valence-corrected chi connectivity index (χ2v) is 2.82. The van der Waals surface area contributed by atoms with Gasteiger partial charge in [-0.25, -0.2) is 4.79 Å². The lowest BCUT2D eigenvalue weighted by molar-refractivity contribution is -0.153. The summed E-state index contributed by atoms with van der Waals surface area (Å²) in [5, 5.41) is 8.73. The number of hydrogen-bond donors (Lipinski definition) is 1. The summed E-state index contributed by atoms with van der Waals surface area (Å²) in [4.78, 5) is 10.7. The lowest BCUT2D eigenvalue weighted by Gasteiger charge is -2.10. The van der Waals surface area contributed by atoms with Crippen molar-refractivity contribution < 1.29 is 14.6 Å². The molecule has 3 heteroatoms. The summed E-state index contributed by atoms with van der Waals surface area (Å²) in [7, 11) is 0. The summed E-state index contributed by atoms with van der Waals surface area (Å²) >= 11 is 0. The van der Waals surface area contributed by atoms with Crippen molar-refractivity contribution in [2.75, 3.05) is 6.61 Å². The van der Waals surface area contributed by atoms with Gasteiger partial charge in [0.1, 0.15) is 6.10 Å².